The monoisotopic (exact) mass is 206 g/mol. The van der Waals surface area contributed by atoms with Gasteiger partial charge in [-0.2, -0.15) is 0 Å². The summed E-state index contributed by atoms with van der Waals surface area (Å²) in [6.45, 7) is 9.34. The SMILES string of the molecule is Cc1ccc(NC(CN)C(C)(C)C)cc1. The maximum absolute atomic E-state index is 5.77. The van der Waals surface area contributed by atoms with Gasteiger partial charge in [0.25, 0.3) is 0 Å². The van der Waals surface area contributed by atoms with E-state index < -0.39 is 0 Å². The van der Waals surface area contributed by atoms with Crippen LogP contribution in [0.25, 0.3) is 0 Å². The molecule has 1 atom stereocenters. The zero-order chi connectivity index (χ0) is 11.5. The second kappa shape index (κ2) is 4.67. The van der Waals surface area contributed by atoms with Gasteiger partial charge in [-0.1, -0.05) is 38.5 Å². The summed E-state index contributed by atoms with van der Waals surface area (Å²) in [5.41, 5.74) is 8.38. The number of hydrogen-bond donors (Lipinski definition) is 2. The Balaban J connectivity index is 2.71. The number of nitrogens with two attached hydrogens (primary N) is 1. The molecule has 0 aliphatic heterocycles. The zero-order valence-corrected chi connectivity index (χ0v) is 10.2. The maximum atomic E-state index is 5.77. The Kier molecular flexibility index (Phi) is 3.75. The molecular weight excluding hydrogens is 184 g/mol. The molecule has 1 aromatic rings. The largest absolute Gasteiger partial charge is 0.381 e. The van der Waals surface area contributed by atoms with Crippen LogP contribution in [0.15, 0.2) is 24.3 Å². The Morgan fingerprint density at radius 3 is 2.13 bits per heavy atom. The number of aryl methyl sites for hydroxylation is 1. The Bertz CT molecular complexity index is 295. The molecule has 1 rings (SSSR count). The van der Waals surface area contributed by atoms with Crippen molar-refractivity contribution in [2.45, 2.75) is 33.7 Å². The summed E-state index contributed by atoms with van der Waals surface area (Å²) in [6, 6.07) is 8.73. The molecule has 15 heavy (non-hydrogen) atoms. The lowest BCUT2D eigenvalue weighted by molar-refractivity contribution is 0.346. The van der Waals surface area contributed by atoms with Gasteiger partial charge in [0.05, 0.1) is 0 Å². The van der Waals surface area contributed by atoms with Crippen LogP contribution < -0.4 is 11.1 Å². The Morgan fingerprint density at radius 1 is 1.20 bits per heavy atom. The van der Waals surface area contributed by atoms with Crippen LogP contribution in [0.4, 0.5) is 5.69 Å². The molecular formula is C13H22N2. The van der Waals surface area contributed by atoms with Gasteiger partial charge >= 0.3 is 0 Å². The number of nitrogens with one attached hydrogen (secondary N) is 1. The van der Waals surface area contributed by atoms with E-state index in [9.17, 15) is 0 Å². The van der Waals surface area contributed by atoms with Crippen molar-refractivity contribution in [2.75, 3.05) is 11.9 Å². The standard InChI is InChI=1S/C13H22N2/c1-10-5-7-11(8-6-10)15-12(9-14)13(2,3)4/h5-8,12,15H,9,14H2,1-4H3. The van der Waals surface area contributed by atoms with Crippen molar-refractivity contribution < 1.29 is 0 Å². The van der Waals surface area contributed by atoms with Crippen LogP contribution in [0.1, 0.15) is 26.3 Å². The highest BCUT2D eigenvalue weighted by Crippen LogP contribution is 2.22. The molecule has 0 aromatic heterocycles. The van der Waals surface area contributed by atoms with E-state index in [-0.39, 0.29) is 5.41 Å². The third-order valence-electron chi connectivity index (χ3n) is 2.67. The quantitative estimate of drug-likeness (QED) is 0.798. The summed E-state index contributed by atoms with van der Waals surface area (Å²) in [5.74, 6) is 0. The average Bonchev–Trinajstić information content (AvgIpc) is 2.15. The molecule has 3 N–H and O–H groups in total. The van der Waals surface area contributed by atoms with Gasteiger partial charge in [0.2, 0.25) is 0 Å². The normalized spacial score (nSPS) is 13.7. The van der Waals surface area contributed by atoms with E-state index in [0.29, 0.717) is 12.6 Å². The molecule has 2 nitrogen and oxygen atoms in total. The first-order valence-electron chi connectivity index (χ1n) is 5.47. The van der Waals surface area contributed by atoms with Crippen molar-refractivity contribution in [1.29, 1.82) is 0 Å². The van der Waals surface area contributed by atoms with Crippen LogP contribution in [0.5, 0.6) is 0 Å². The minimum Gasteiger partial charge on any atom is -0.381 e. The molecule has 2 heteroatoms. The summed E-state index contributed by atoms with van der Waals surface area (Å²) in [7, 11) is 0. The molecule has 0 amide bonds. The van der Waals surface area contributed by atoms with Crippen molar-refractivity contribution in [2.24, 2.45) is 11.1 Å². The lowest BCUT2D eigenvalue weighted by Gasteiger charge is -2.31. The smallest absolute Gasteiger partial charge is 0.0432 e. The van der Waals surface area contributed by atoms with Crippen LogP contribution in [0.3, 0.4) is 0 Å². The first kappa shape index (κ1) is 12.1. The molecule has 0 aliphatic rings. The highest BCUT2D eigenvalue weighted by Gasteiger charge is 2.22. The van der Waals surface area contributed by atoms with Crippen molar-refractivity contribution in [3.63, 3.8) is 0 Å². The van der Waals surface area contributed by atoms with Crippen molar-refractivity contribution in [1.82, 2.24) is 0 Å². The Hall–Kier alpha value is -1.02. The van der Waals surface area contributed by atoms with E-state index >= 15 is 0 Å². The fourth-order valence-corrected chi connectivity index (χ4v) is 1.48. The fraction of sp³-hybridized carbons (Fsp3) is 0.538. The lowest BCUT2D eigenvalue weighted by atomic mass is 9.86. The predicted octanol–water partition coefficient (Wildman–Crippen LogP) is 2.78. The van der Waals surface area contributed by atoms with Crippen molar-refractivity contribution in [3.05, 3.63) is 29.8 Å². The fourth-order valence-electron chi connectivity index (χ4n) is 1.48. The number of hydrogen-bond acceptors (Lipinski definition) is 2. The lowest BCUT2D eigenvalue weighted by Crippen LogP contribution is -2.40. The molecule has 0 radical (unpaired) electrons. The Morgan fingerprint density at radius 2 is 1.73 bits per heavy atom. The first-order valence-corrected chi connectivity index (χ1v) is 5.47. The van der Waals surface area contributed by atoms with Crippen LogP contribution in [-0.2, 0) is 0 Å². The number of rotatable bonds is 3. The summed E-state index contributed by atoms with van der Waals surface area (Å²) in [5, 5.41) is 3.47. The predicted molar refractivity (Wildman–Crippen MR) is 67.1 cm³/mol. The molecule has 0 spiro atoms. The van der Waals surface area contributed by atoms with Crippen molar-refractivity contribution in [3.8, 4) is 0 Å². The summed E-state index contributed by atoms with van der Waals surface area (Å²) >= 11 is 0. The first-order chi connectivity index (χ1) is 6.93. The van der Waals surface area contributed by atoms with Crippen LogP contribution in [-0.4, -0.2) is 12.6 Å². The van der Waals surface area contributed by atoms with Crippen LogP contribution in [0, 0.1) is 12.3 Å². The molecule has 0 saturated carbocycles. The van der Waals surface area contributed by atoms with E-state index in [4.69, 9.17) is 5.73 Å². The summed E-state index contributed by atoms with van der Waals surface area (Å²) in [6.07, 6.45) is 0. The second-order valence-corrected chi connectivity index (χ2v) is 5.16. The Labute approximate surface area is 92.9 Å². The van der Waals surface area contributed by atoms with Gasteiger partial charge < -0.3 is 11.1 Å². The van der Waals surface area contributed by atoms with Gasteiger partial charge in [0.1, 0.15) is 0 Å². The minimum absolute atomic E-state index is 0.180. The van der Waals surface area contributed by atoms with Gasteiger partial charge in [-0.25, -0.2) is 0 Å². The van der Waals surface area contributed by atoms with E-state index in [1.807, 2.05) is 0 Å². The molecule has 84 valence electrons. The van der Waals surface area contributed by atoms with E-state index in [1.165, 1.54) is 5.56 Å². The van der Waals surface area contributed by atoms with Gasteiger partial charge in [-0.05, 0) is 24.5 Å². The molecule has 0 bridgehead atoms. The number of benzene rings is 1. The molecule has 1 unspecified atom stereocenters. The highest BCUT2D eigenvalue weighted by atomic mass is 15.0. The third-order valence-corrected chi connectivity index (χ3v) is 2.67. The molecule has 0 heterocycles. The van der Waals surface area contributed by atoms with Gasteiger partial charge in [-0.15, -0.1) is 0 Å². The third kappa shape index (κ3) is 3.56. The van der Waals surface area contributed by atoms with Gasteiger partial charge in [0.15, 0.2) is 0 Å². The zero-order valence-electron chi connectivity index (χ0n) is 10.2. The minimum atomic E-state index is 0.180. The second-order valence-electron chi connectivity index (χ2n) is 5.16. The molecule has 0 aliphatic carbocycles. The summed E-state index contributed by atoms with van der Waals surface area (Å²) < 4.78 is 0. The van der Waals surface area contributed by atoms with Crippen LogP contribution >= 0.6 is 0 Å². The van der Waals surface area contributed by atoms with Crippen LogP contribution in [0.2, 0.25) is 0 Å². The van der Waals surface area contributed by atoms with Gasteiger partial charge in [0, 0.05) is 18.3 Å². The van der Waals surface area contributed by atoms with E-state index in [1.54, 1.807) is 0 Å². The van der Waals surface area contributed by atoms with Crippen molar-refractivity contribution >= 4 is 5.69 Å². The van der Waals surface area contributed by atoms with E-state index in [0.717, 1.165) is 5.69 Å². The highest BCUT2D eigenvalue weighted by molar-refractivity contribution is 5.45. The molecule has 0 saturated heterocycles. The topological polar surface area (TPSA) is 38.0 Å². The maximum Gasteiger partial charge on any atom is 0.0432 e. The molecule has 1 aromatic carbocycles. The summed E-state index contributed by atoms with van der Waals surface area (Å²) in [4.78, 5) is 0. The van der Waals surface area contributed by atoms with E-state index in [2.05, 4.69) is 57.3 Å². The number of anilines is 1. The average molecular weight is 206 g/mol. The van der Waals surface area contributed by atoms with Gasteiger partial charge in [-0.3, -0.25) is 0 Å². The molecule has 0 fully saturated rings.